The number of fused-ring (bicyclic) bond motifs is 1. The maximum atomic E-state index is 14.6. The van der Waals surface area contributed by atoms with Gasteiger partial charge in [0.2, 0.25) is 5.88 Å². The first-order valence-corrected chi connectivity index (χ1v) is 8.33. The Morgan fingerprint density at radius 1 is 1.11 bits per heavy atom. The van der Waals surface area contributed by atoms with E-state index >= 15 is 0 Å². The van der Waals surface area contributed by atoms with Crippen LogP contribution in [-0.2, 0) is 5.92 Å². The van der Waals surface area contributed by atoms with Crippen molar-refractivity contribution < 1.29 is 17.9 Å². The second-order valence-corrected chi connectivity index (χ2v) is 6.31. The van der Waals surface area contributed by atoms with Gasteiger partial charge in [-0.15, -0.1) is 0 Å². The van der Waals surface area contributed by atoms with Gasteiger partial charge in [0.1, 0.15) is 17.5 Å². The Bertz CT molecular complexity index is 989. The maximum absolute atomic E-state index is 14.6. The van der Waals surface area contributed by atoms with Crippen molar-refractivity contribution in [1.82, 2.24) is 15.0 Å². The summed E-state index contributed by atoms with van der Waals surface area (Å²) in [6, 6.07) is 6.77. The Hall–Kier alpha value is -2.90. The predicted molar refractivity (Wildman–Crippen MR) is 96.6 cm³/mol. The molecule has 1 N–H and O–H groups in total. The summed E-state index contributed by atoms with van der Waals surface area (Å²) in [5, 5.41) is 3.70. The first kappa shape index (κ1) is 18.9. The van der Waals surface area contributed by atoms with Crippen LogP contribution in [0.5, 0.6) is 5.88 Å². The predicted octanol–water partition coefficient (Wildman–Crippen LogP) is 4.77. The van der Waals surface area contributed by atoms with Crippen LogP contribution in [0.3, 0.4) is 0 Å². The molecule has 0 radical (unpaired) electrons. The molecular weight excluding hydrogens is 357 g/mol. The average Bonchev–Trinajstić information content (AvgIpc) is 2.60. The molecule has 142 valence electrons. The van der Waals surface area contributed by atoms with E-state index in [0.29, 0.717) is 35.5 Å². The SMILES string of the molecule is COc1ccc2c(NC(C)c3cccc(C(C)(F)F)c3F)nc(C)nc2n1. The van der Waals surface area contributed by atoms with Gasteiger partial charge in [-0.2, -0.15) is 4.98 Å². The Morgan fingerprint density at radius 2 is 1.85 bits per heavy atom. The summed E-state index contributed by atoms with van der Waals surface area (Å²) < 4.78 is 47.0. The van der Waals surface area contributed by atoms with Gasteiger partial charge < -0.3 is 10.1 Å². The first-order valence-electron chi connectivity index (χ1n) is 8.33. The van der Waals surface area contributed by atoms with E-state index in [1.165, 1.54) is 19.2 Å². The van der Waals surface area contributed by atoms with Gasteiger partial charge in [-0.1, -0.05) is 18.2 Å². The van der Waals surface area contributed by atoms with E-state index in [2.05, 4.69) is 20.3 Å². The molecule has 2 aromatic heterocycles. The van der Waals surface area contributed by atoms with Gasteiger partial charge >= 0.3 is 0 Å². The van der Waals surface area contributed by atoms with Crippen LogP contribution in [0.15, 0.2) is 30.3 Å². The molecule has 3 rings (SSSR count). The quantitative estimate of drug-likeness (QED) is 0.695. The molecule has 0 aliphatic rings. The molecule has 1 aromatic carbocycles. The molecule has 5 nitrogen and oxygen atoms in total. The van der Waals surface area contributed by atoms with Crippen molar-refractivity contribution in [3.05, 3.63) is 53.1 Å². The molecule has 3 aromatic rings. The van der Waals surface area contributed by atoms with Crippen molar-refractivity contribution in [2.75, 3.05) is 12.4 Å². The van der Waals surface area contributed by atoms with E-state index in [9.17, 15) is 13.2 Å². The fourth-order valence-corrected chi connectivity index (χ4v) is 2.83. The summed E-state index contributed by atoms with van der Waals surface area (Å²) in [5.74, 6) is -2.89. The van der Waals surface area contributed by atoms with Gasteiger partial charge in [-0.3, -0.25) is 0 Å². The van der Waals surface area contributed by atoms with Crippen LogP contribution in [0.1, 0.15) is 36.8 Å². The van der Waals surface area contributed by atoms with Crippen LogP contribution < -0.4 is 10.1 Å². The standard InChI is InChI=1S/C19H19F3N4O/c1-10(12-6-5-7-14(16(12)20)19(3,21)22)23-17-13-8-9-15(27-4)26-18(13)25-11(2)24-17/h5-10H,1-4H3,(H,23,24,25,26). The summed E-state index contributed by atoms with van der Waals surface area (Å²) in [7, 11) is 1.50. The fourth-order valence-electron chi connectivity index (χ4n) is 2.83. The Balaban J connectivity index is 2.01. The van der Waals surface area contributed by atoms with Crippen LogP contribution in [0.4, 0.5) is 19.0 Å². The highest BCUT2D eigenvalue weighted by Gasteiger charge is 2.30. The van der Waals surface area contributed by atoms with Crippen molar-refractivity contribution in [2.24, 2.45) is 0 Å². The molecule has 27 heavy (non-hydrogen) atoms. The van der Waals surface area contributed by atoms with Crippen LogP contribution >= 0.6 is 0 Å². The normalized spacial score (nSPS) is 12.9. The smallest absolute Gasteiger partial charge is 0.273 e. The molecule has 0 aliphatic carbocycles. The van der Waals surface area contributed by atoms with Crippen molar-refractivity contribution in [1.29, 1.82) is 0 Å². The molecule has 0 bridgehead atoms. The Kier molecular flexibility index (Phi) is 4.91. The van der Waals surface area contributed by atoms with Gasteiger partial charge in [0.15, 0.2) is 5.65 Å². The lowest BCUT2D eigenvalue weighted by Gasteiger charge is -2.20. The molecule has 0 saturated carbocycles. The number of pyridine rings is 1. The van der Waals surface area contributed by atoms with Crippen LogP contribution in [0.2, 0.25) is 0 Å². The lowest BCUT2D eigenvalue weighted by Crippen LogP contribution is -2.16. The fraction of sp³-hybridized carbons (Fsp3) is 0.316. The highest BCUT2D eigenvalue weighted by molar-refractivity contribution is 5.87. The van der Waals surface area contributed by atoms with E-state index in [-0.39, 0.29) is 5.56 Å². The van der Waals surface area contributed by atoms with E-state index in [0.717, 1.165) is 6.07 Å². The van der Waals surface area contributed by atoms with E-state index in [1.54, 1.807) is 26.0 Å². The van der Waals surface area contributed by atoms with Crippen molar-refractivity contribution in [2.45, 2.75) is 32.7 Å². The molecular formula is C19H19F3N4O. The molecule has 0 fully saturated rings. The molecule has 8 heteroatoms. The zero-order valence-electron chi connectivity index (χ0n) is 15.3. The number of anilines is 1. The van der Waals surface area contributed by atoms with E-state index in [1.807, 2.05) is 0 Å². The van der Waals surface area contributed by atoms with Gasteiger partial charge in [0, 0.05) is 18.6 Å². The van der Waals surface area contributed by atoms with Gasteiger partial charge in [0.05, 0.1) is 24.1 Å². The zero-order chi connectivity index (χ0) is 19.8. The van der Waals surface area contributed by atoms with Crippen molar-refractivity contribution in [3.63, 3.8) is 0 Å². The summed E-state index contributed by atoms with van der Waals surface area (Å²) in [6.45, 7) is 4.05. The molecule has 0 saturated heterocycles. The average molecular weight is 376 g/mol. The topological polar surface area (TPSA) is 59.9 Å². The Labute approximate surface area is 154 Å². The minimum absolute atomic E-state index is 0.125. The minimum atomic E-state index is -3.27. The number of halogens is 3. The number of nitrogens with one attached hydrogen (secondary N) is 1. The number of nitrogens with zero attached hydrogens (tertiary/aromatic N) is 3. The number of benzene rings is 1. The third kappa shape index (κ3) is 3.79. The maximum Gasteiger partial charge on any atom is 0.273 e. The number of aryl methyl sites for hydroxylation is 1. The Morgan fingerprint density at radius 3 is 2.52 bits per heavy atom. The summed E-state index contributed by atoms with van der Waals surface area (Å²) >= 11 is 0. The van der Waals surface area contributed by atoms with Gasteiger partial charge in [0.25, 0.3) is 5.92 Å². The number of methoxy groups -OCH3 is 1. The van der Waals surface area contributed by atoms with Crippen molar-refractivity contribution >= 4 is 16.9 Å². The molecule has 0 spiro atoms. The van der Waals surface area contributed by atoms with Crippen LogP contribution in [0, 0.1) is 12.7 Å². The second kappa shape index (κ2) is 7.02. The summed E-state index contributed by atoms with van der Waals surface area (Å²) in [4.78, 5) is 12.9. The van der Waals surface area contributed by atoms with E-state index in [4.69, 9.17) is 4.74 Å². The molecule has 2 heterocycles. The zero-order valence-corrected chi connectivity index (χ0v) is 15.3. The second-order valence-electron chi connectivity index (χ2n) is 6.31. The first-order chi connectivity index (χ1) is 12.7. The summed E-state index contributed by atoms with van der Waals surface area (Å²) in [6.07, 6.45) is 0. The lowest BCUT2D eigenvalue weighted by molar-refractivity contribution is 0.0136. The molecule has 1 atom stereocenters. The number of rotatable bonds is 5. The van der Waals surface area contributed by atoms with Crippen LogP contribution in [-0.4, -0.2) is 22.1 Å². The number of hydrogen-bond acceptors (Lipinski definition) is 5. The minimum Gasteiger partial charge on any atom is -0.481 e. The van der Waals surface area contributed by atoms with Gasteiger partial charge in [-0.05, 0) is 19.9 Å². The third-order valence-electron chi connectivity index (χ3n) is 4.18. The lowest BCUT2D eigenvalue weighted by atomic mass is 10.0. The highest BCUT2D eigenvalue weighted by Crippen LogP contribution is 2.33. The van der Waals surface area contributed by atoms with Crippen molar-refractivity contribution in [3.8, 4) is 5.88 Å². The monoisotopic (exact) mass is 376 g/mol. The van der Waals surface area contributed by atoms with Crippen LogP contribution in [0.25, 0.3) is 11.0 Å². The number of hydrogen-bond donors (Lipinski definition) is 1. The number of ether oxygens (including phenoxy) is 1. The number of aromatic nitrogens is 3. The highest BCUT2D eigenvalue weighted by atomic mass is 19.3. The largest absolute Gasteiger partial charge is 0.481 e. The third-order valence-corrected chi connectivity index (χ3v) is 4.18. The molecule has 0 aliphatic heterocycles. The molecule has 0 amide bonds. The van der Waals surface area contributed by atoms with E-state index < -0.39 is 23.3 Å². The number of alkyl halides is 2. The van der Waals surface area contributed by atoms with Gasteiger partial charge in [-0.25, -0.2) is 23.1 Å². The summed E-state index contributed by atoms with van der Waals surface area (Å²) in [5.41, 5.74) is -0.0884. The molecule has 1 unspecified atom stereocenters.